The maximum absolute atomic E-state index is 12.6. The van der Waals surface area contributed by atoms with Crippen molar-refractivity contribution in [1.29, 1.82) is 0 Å². The first kappa shape index (κ1) is 17.4. The molecule has 0 spiro atoms. The second-order valence-corrected chi connectivity index (χ2v) is 7.32. The van der Waals surface area contributed by atoms with Crippen LogP contribution in [0.15, 0.2) is 5.38 Å². The predicted octanol–water partition coefficient (Wildman–Crippen LogP) is 1.81. The molecule has 2 aliphatic heterocycles. The van der Waals surface area contributed by atoms with Crippen LogP contribution in [0, 0.1) is 5.92 Å². The third-order valence-electron chi connectivity index (χ3n) is 4.69. The molecule has 3 heterocycles. The molecule has 0 saturated carbocycles. The van der Waals surface area contributed by atoms with Gasteiger partial charge in [-0.1, -0.05) is 6.92 Å². The molecule has 132 valence electrons. The van der Waals surface area contributed by atoms with Crippen molar-refractivity contribution in [2.75, 3.05) is 39.4 Å². The third kappa shape index (κ3) is 3.95. The van der Waals surface area contributed by atoms with Crippen molar-refractivity contribution < 1.29 is 14.3 Å². The quantitative estimate of drug-likeness (QED) is 0.830. The van der Waals surface area contributed by atoms with E-state index in [-0.39, 0.29) is 17.7 Å². The fraction of sp³-hybridized carbons (Fsp3) is 0.706. The maximum Gasteiger partial charge on any atom is 0.273 e. The van der Waals surface area contributed by atoms with Gasteiger partial charge >= 0.3 is 0 Å². The van der Waals surface area contributed by atoms with Gasteiger partial charge in [-0.2, -0.15) is 0 Å². The topological polar surface area (TPSA) is 62.7 Å². The summed E-state index contributed by atoms with van der Waals surface area (Å²) >= 11 is 1.56. The van der Waals surface area contributed by atoms with Crippen LogP contribution in [0.1, 0.15) is 41.7 Å². The molecule has 1 aromatic heterocycles. The number of hydrogen-bond acceptors (Lipinski definition) is 5. The summed E-state index contributed by atoms with van der Waals surface area (Å²) in [5.74, 6) is 0.272. The number of thiazole rings is 1. The molecule has 6 nitrogen and oxygen atoms in total. The lowest BCUT2D eigenvalue weighted by Gasteiger charge is -2.35. The number of piperidine rings is 1. The summed E-state index contributed by atoms with van der Waals surface area (Å²) in [5.41, 5.74) is 0.557. The molecule has 2 saturated heterocycles. The highest BCUT2D eigenvalue weighted by atomic mass is 32.1. The Morgan fingerprint density at radius 1 is 1.21 bits per heavy atom. The van der Waals surface area contributed by atoms with Crippen LogP contribution in [0.5, 0.6) is 0 Å². The minimum Gasteiger partial charge on any atom is -0.378 e. The van der Waals surface area contributed by atoms with Crippen molar-refractivity contribution in [2.45, 2.75) is 32.6 Å². The molecule has 1 aromatic rings. The van der Waals surface area contributed by atoms with Crippen LogP contribution in [-0.4, -0.2) is 66.0 Å². The largest absolute Gasteiger partial charge is 0.378 e. The van der Waals surface area contributed by atoms with Gasteiger partial charge in [-0.3, -0.25) is 9.59 Å². The number of nitrogens with zero attached hydrogens (tertiary/aromatic N) is 3. The second-order valence-electron chi connectivity index (χ2n) is 6.38. The van der Waals surface area contributed by atoms with Gasteiger partial charge < -0.3 is 14.5 Å². The Bertz CT molecular complexity index is 575. The van der Waals surface area contributed by atoms with Crippen molar-refractivity contribution in [2.24, 2.45) is 5.92 Å². The van der Waals surface area contributed by atoms with Crippen molar-refractivity contribution in [3.63, 3.8) is 0 Å². The number of carbonyl (C=O) groups excluding carboxylic acids is 2. The van der Waals surface area contributed by atoms with Crippen LogP contribution in [0.3, 0.4) is 0 Å². The molecule has 0 N–H and O–H groups in total. The van der Waals surface area contributed by atoms with E-state index in [1.54, 1.807) is 11.3 Å². The molecule has 0 radical (unpaired) electrons. The van der Waals surface area contributed by atoms with Crippen LogP contribution in [0.2, 0.25) is 0 Å². The van der Waals surface area contributed by atoms with E-state index in [0.29, 0.717) is 45.1 Å². The van der Waals surface area contributed by atoms with Gasteiger partial charge in [0.25, 0.3) is 5.91 Å². The van der Waals surface area contributed by atoms with Gasteiger partial charge in [0, 0.05) is 37.5 Å². The zero-order valence-corrected chi connectivity index (χ0v) is 15.0. The van der Waals surface area contributed by atoms with E-state index in [1.807, 2.05) is 15.2 Å². The average molecular weight is 351 g/mol. The lowest BCUT2D eigenvalue weighted by molar-refractivity contribution is -0.141. The van der Waals surface area contributed by atoms with Crippen molar-refractivity contribution >= 4 is 23.2 Å². The summed E-state index contributed by atoms with van der Waals surface area (Å²) in [6, 6.07) is 0. The number of aryl methyl sites for hydroxylation is 1. The molecule has 0 bridgehead atoms. The van der Waals surface area contributed by atoms with Gasteiger partial charge in [0.05, 0.1) is 18.2 Å². The maximum atomic E-state index is 12.6. The standard InChI is InChI=1S/C17H25N3O3S/c1-2-3-15-18-14(12-24-15)17(22)19-6-4-13(5-7-19)16(21)20-8-10-23-11-9-20/h12-13H,2-11H2,1H3. The van der Waals surface area contributed by atoms with E-state index >= 15 is 0 Å². The first-order valence-electron chi connectivity index (χ1n) is 8.79. The van der Waals surface area contributed by atoms with Gasteiger partial charge in [-0.15, -0.1) is 11.3 Å². The van der Waals surface area contributed by atoms with E-state index in [1.165, 1.54) is 0 Å². The Hall–Kier alpha value is -1.47. The second kappa shape index (κ2) is 8.07. The highest BCUT2D eigenvalue weighted by molar-refractivity contribution is 7.09. The highest BCUT2D eigenvalue weighted by Gasteiger charge is 2.31. The molecule has 24 heavy (non-hydrogen) atoms. The average Bonchev–Trinajstić information content (AvgIpc) is 3.10. The zero-order valence-electron chi connectivity index (χ0n) is 14.2. The smallest absolute Gasteiger partial charge is 0.273 e. The normalized spacial score (nSPS) is 19.5. The summed E-state index contributed by atoms with van der Waals surface area (Å²) in [6.45, 7) is 6.04. The van der Waals surface area contributed by atoms with E-state index < -0.39 is 0 Å². The SMILES string of the molecule is CCCc1nc(C(=O)N2CCC(C(=O)N3CCOCC3)CC2)cs1. The first-order chi connectivity index (χ1) is 11.7. The Labute approximate surface area is 146 Å². The molecule has 2 fully saturated rings. The number of rotatable bonds is 4. The van der Waals surface area contributed by atoms with Crippen LogP contribution in [-0.2, 0) is 16.0 Å². The molecule has 2 amide bonds. The van der Waals surface area contributed by atoms with Crippen LogP contribution in [0.25, 0.3) is 0 Å². The fourth-order valence-electron chi connectivity index (χ4n) is 3.27. The number of carbonyl (C=O) groups is 2. The summed E-state index contributed by atoms with van der Waals surface area (Å²) in [4.78, 5) is 33.3. The predicted molar refractivity (Wildman–Crippen MR) is 92.1 cm³/mol. The monoisotopic (exact) mass is 351 g/mol. The number of ether oxygens (including phenoxy) is 1. The van der Waals surface area contributed by atoms with Gasteiger partial charge in [-0.25, -0.2) is 4.98 Å². The van der Waals surface area contributed by atoms with Gasteiger partial charge in [0.2, 0.25) is 5.91 Å². The molecule has 7 heteroatoms. The number of aromatic nitrogens is 1. The molecule has 0 aliphatic carbocycles. The van der Waals surface area contributed by atoms with Crippen LogP contribution in [0.4, 0.5) is 0 Å². The van der Waals surface area contributed by atoms with Crippen molar-refractivity contribution in [3.05, 3.63) is 16.1 Å². The summed E-state index contributed by atoms with van der Waals surface area (Å²) in [5, 5.41) is 2.89. The van der Waals surface area contributed by atoms with E-state index in [9.17, 15) is 9.59 Å². The zero-order chi connectivity index (χ0) is 16.9. The summed E-state index contributed by atoms with van der Waals surface area (Å²) < 4.78 is 5.30. The van der Waals surface area contributed by atoms with Crippen molar-refractivity contribution in [3.8, 4) is 0 Å². The third-order valence-corrected chi connectivity index (χ3v) is 5.60. The van der Waals surface area contributed by atoms with Crippen molar-refractivity contribution in [1.82, 2.24) is 14.8 Å². The summed E-state index contributed by atoms with van der Waals surface area (Å²) in [7, 11) is 0. The van der Waals surface area contributed by atoms with E-state index in [4.69, 9.17) is 4.74 Å². The molecule has 3 rings (SSSR count). The number of morpholine rings is 1. The highest BCUT2D eigenvalue weighted by Crippen LogP contribution is 2.22. The van der Waals surface area contributed by atoms with Crippen LogP contribution >= 0.6 is 11.3 Å². The molecule has 0 aromatic carbocycles. The van der Waals surface area contributed by atoms with E-state index in [0.717, 1.165) is 30.7 Å². The number of amides is 2. The first-order valence-corrected chi connectivity index (χ1v) is 9.67. The lowest BCUT2D eigenvalue weighted by Crippen LogP contribution is -2.47. The van der Waals surface area contributed by atoms with Gasteiger partial charge in [-0.05, 0) is 25.7 Å². The molecular formula is C17H25N3O3S. The van der Waals surface area contributed by atoms with E-state index in [2.05, 4.69) is 11.9 Å². The summed E-state index contributed by atoms with van der Waals surface area (Å²) in [6.07, 6.45) is 3.45. The number of likely N-dealkylation sites (tertiary alicyclic amines) is 1. The van der Waals surface area contributed by atoms with Gasteiger partial charge in [0.15, 0.2) is 0 Å². The van der Waals surface area contributed by atoms with Crippen LogP contribution < -0.4 is 0 Å². The minimum atomic E-state index is 0.00544. The minimum absolute atomic E-state index is 0.00544. The Kier molecular flexibility index (Phi) is 5.84. The molecule has 2 aliphatic rings. The molecular weight excluding hydrogens is 326 g/mol. The molecule has 0 unspecified atom stereocenters. The fourth-order valence-corrected chi connectivity index (χ4v) is 4.15. The Morgan fingerprint density at radius 3 is 2.58 bits per heavy atom. The lowest BCUT2D eigenvalue weighted by atomic mass is 9.95. The number of hydrogen-bond donors (Lipinski definition) is 0. The Morgan fingerprint density at radius 2 is 1.92 bits per heavy atom. The van der Waals surface area contributed by atoms with Gasteiger partial charge in [0.1, 0.15) is 5.69 Å². The molecule has 0 atom stereocenters. The Balaban J connectivity index is 1.52.